The Hall–Kier alpha value is 0.644. The smallest absolute Gasteiger partial charge is 1.00 e. The first-order chi connectivity index (χ1) is 6.28. The molecule has 0 aromatic heterocycles. The summed E-state index contributed by atoms with van der Waals surface area (Å²) in [6.45, 7) is 9.06. The molecule has 0 atom stereocenters. The van der Waals surface area contributed by atoms with Crippen molar-refractivity contribution >= 4 is 0 Å². The Morgan fingerprint density at radius 1 is 0.938 bits per heavy atom. The third-order valence-corrected chi connectivity index (χ3v) is 2.96. The second kappa shape index (κ2) is 10.8. The second-order valence-electron chi connectivity index (χ2n) is 3.57. The van der Waals surface area contributed by atoms with Crippen LogP contribution in [0.1, 0.15) is 49.9 Å². The van der Waals surface area contributed by atoms with Crippen molar-refractivity contribution in [2.75, 3.05) is 0 Å². The summed E-state index contributed by atoms with van der Waals surface area (Å²) in [5.41, 5.74) is 6.41. The van der Waals surface area contributed by atoms with Gasteiger partial charge >= 0.3 is 21.7 Å². The maximum Gasteiger partial charge on any atom is 3.00 e. The Morgan fingerprint density at radius 2 is 1.50 bits per heavy atom. The number of hydrogen-bond acceptors (Lipinski definition) is 0. The van der Waals surface area contributed by atoms with Crippen LogP contribution >= 0.6 is 0 Å². The Labute approximate surface area is 128 Å². The first kappa shape index (κ1) is 21.9. The average molecular weight is 296 g/mol. The molecule has 16 heavy (non-hydrogen) atoms. The van der Waals surface area contributed by atoms with Crippen LogP contribution in [0.4, 0.5) is 0 Å². The van der Waals surface area contributed by atoms with E-state index < -0.39 is 0 Å². The summed E-state index contributed by atoms with van der Waals surface area (Å²) in [5, 5.41) is 0. The topological polar surface area (TPSA) is 0 Å². The molecule has 0 fully saturated rings. The van der Waals surface area contributed by atoms with Gasteiger partial charge in [-0.1, -0.05) is 53.4 Å². The largest absolute Gasteiger partial charge is 3.00 e. The zero-order valence-corrected chi connectivity index (χ0v) is 13.7. The molecule has 0 aliphatic heterocycles. The van der Waals surface area contributed by atoms with Crippen molar-refractivity contribution in [3.63, 3.8) is 0 Å². The van der Waals surface area contributed by atoms with Crippen LogP contribution in [0.3, 0.4) is 0 Å². The normalized spacial score (nSPS) is 8.75. The first-order valence-electron chi connectivity index (χ1n) is 5.57. The molecule has 0 amide bonds. The summed E-state index contributed by atoms with van der Waals surface area (Å²) in [4.78, 5) is 0. The molecule has 3 heteroatoms. The van der Waals surface area contributed by atoms with E-state index >= 15 is 0 Å². The molecule has 0 saturated heterocycles. The summed E-state index contributed by atoms with van der Waals surface area (Å²) in [6, 6.07) is 2.41. The fourth-order valence-electron chi connectivity index (χ4n) is 2.28. The maximum atomic E-state index is 2.41. The molecule has 0 unspecified atom stereocenters. The fourth-order valence-corrected chi connectivity index (χ4v) is 2.28. The van der Waals surface area contributed by atoms with Crippen molar-refractivity contribution in [2.45, 2.75) is 53.4 Å². The summed E-state index contributed by atoms with van der Waals surface area (Å²) in [7, 11) is 0. The van der Waals surface area contributed by atoms with Crippen molar-refractivity contribution in [1.29, 1.82) is 0 Å². The predicted octanol–water partition coefficient (Wildman–Crippen LogP) is -2.34. The molecule has 0 heterocycles. The van der Waals surface area contributed by atoms with Crippen molar-refractivity contribution in [2.24, 2.45) is 0 Å². The molecule has 0 N–H and O–H groups in total. The van der Waals surface area contributed by atoms with E-state index in [1.54, 1.807) is 22.3 Å². The van der Waals surface area contributed by atoms with Crippen LogP contribution in [0.2, 0.25) is 0 Å². The van der Waals surface area contributed by atoms with Gasteiger partial charge in [-0.2, -0.15) is 28.3 Å². The molecule has 0 spiro atoms. The summed E-state index contributed by atoms with van der Waals surface area (Å²) in [6.07, 6.45) is 4.78. The molecule has 0 aliphatic rings. The Kier molecular flexibility index (Phi) is 14.7. The Bertz CT molecular complexity index is 253. The van der Waals surface area contributed by atoms with Gasteiger partial charge in [0, 0.05) is 0 Å². The van der Waals surface area contributed by atoms with E-state index in [1.807, 2.05) is 0 Å². The van der Waals surface area contributed by atoms with Gasteiger partial charge in [-0.05, 0) is 0 Å². The van der Waals surface area contributed by atoms with Gasteiger partial charge in [0.1, 0.15) is 0 Å². The summed E-state index contributed by atoms with van der Waals surface area (Å²) >= 11 is 0. The van der Waals surface area contributed by atoms with Crippen LogP contribution < -0.4 is 24.8 Å². The minimum Gasteiger partial charge on any atom is -1.00 e. The molecule has 0 nitrogen and oxygen atoms in total. The van der Waals surface area contributed by atoms with E-state index in [4.69, 9.17) is 0 Å². The van der Waals surface area contributed by atoms with E-state index in [9.17, 15) is 0 Å². The van der Waals surface area contributed by atoms with E-state index in [1.165, 1.54) is 25.7 Å². The van der Waals surface area contributed by atoms with Crippen LogP contribution in [0, 0.1) is 0 Å². The first-order valence-corrected chi connectivity index (χ1v) is 5.57. The van der Waals surface area contributed by atoms with Crippen molar-refractivity contribution in [3.8, 4) is 0 Å². The van der Waals surface area contributed by atoms with E-state index in [0.29, 0.717) is 0 Å². The third-order valence-electron chi connectivity index (χ3n) is 2.96. The number of rotatable bonds is 4. The minimum atomic E-state index is 0. The number of aryl methyl sites for hydroxylation is 2. The van der Waals surface area contributed by atoms with Crippen molar-refractivity contribution in [3.05, 3.63) is 28.3 Å². The third kappa shape index (κ3) is 4.49. The molecule has 1 radical (unpaired) electrons. The maximum absolute atomic E-state index is 2.41. The van der Waals surface area contributed by atoms with E-state index in [-0.39, 0.29) is 46.5 Å². The number of halogens is 2. The molecule has 0 aliphatic carbocycles. The van der Waals surface area contributed by atoms with Gasteiger partial charge < -0.3 is 24.8 Å². The SMILES string of the molecule is CCc1c[c-](CC)c(CC)c1CC.[Cl-].[Cl-].[Ti+3]. The van der Waals surface area contributed by atoms with Crippen LogP contribution in [0.15, 0.2) is 6.07 Å². The average Bonchev–Trinajstić information content (AvgIpc) is 2.54. The molecule has 0 saturated carbocycles. The Morgan fingerprint density at radius 3 is 1.81 bits per heavy atom. The minimum absolute atomic E-state index is 0. The zero-order chi connectivity index (χ0) is 9.84. The molecule has 1 rings (SSSR count). The van der Waals surface area contributed by atoms with E-state index in [0.717, 1.165) is 0 Å². The second-order valence-corrected chi connectivity index (χ2v) is 3.57. The molecule has 91 valence electrons. The molecule has 1 aromatic rings. The molecule has 0 bridgehead atoms. The van der Waals surface area contributed by atoms with E-state index in [2.05, 4.69) is 33.8 Å². The van der Waals surface area contributed by atoms with Gasteiger partial charge in [0.2, 0.25) is 0 Å². The number of hydrogen-bond donors (Lipinski definition) is 0. The van der Waals surface area contributed by atoms with Crippen molar-refractivity contribution in [1.82, 2.24) is 0 Å². The van der Waals surface area contributed by atoms with Gasteiger partial charge in [0.15, 0.2) is 0 Å². The molecule has 1 aromatic carbocycles. The molecular weight excluding hydrogens is 275 g/mol. The molecular formula is C13H21Cl2Ti. The Balaban J connectivity index is -0.000000563. The van der Waals surface area contributed by atoms with Crippen LogP contribution in [-0.2, 0) is 47.4 Å². The van der Waals surface area contributed by atoms with Gasteiger partial charge in [-0.3, -0.25) is 0 Å². The van der Waals surface area contributed by atoms with Crippen LogP contribution in [-0.4, -0.2) is 0 Å². The van der Waals surface area contributed by atoms with Crippen LogP contribution in [0.5, 0.6) is 0 Å². The quantitative estimate of drug-likeness (QED) is 0.432. The predicted molar refractivity (Wildman–Crippen MR) is 59.5 cm³/mol. The standard InChI is InChI=1S/C13H21.2ClH.Ti/c1-5-10-9-11(6-2)13(8-4)12(10)7-3;;;/h9H,5-8H2,1-4H3;2*1H;/q-1;;;+3/p-2. The van der Waals surface area contributed by atoms with Gasteiger partial charge in [-0.25, -0.2) is 0 Å². The summed E-state index contributed by atoms with van der Waals surface area (Å²) < 4.78 is 0. The van der Waals surface area contributed by atoms with Crippen LogP contribution in [0.25, 0.3) is 0 Å². The van der Waals surface area contributed by atoms with Crippen molar-refractivity contribution < 1.29 is 46.5 Å². The monoisotopic (exact) mass is 295 g/mol. The zero-order valence-electron chi connectivity index (χ0n) is 10.7. The van der Waals surface area contributed by atoms with Gasteiger partial charge in [-0.15, -0.1) is 0 Å². The van der Waals surface area contributed by atoms with Gasteiger partial charge in [0.25, 0.3) is 0 Å². The fraction of sp³-hybridized carbons (Fsp3) is 0.615. The van der Waals surface area contributed by atoms with Gasteiger partial charge in [0.05, 0.1) is 0 Å². The summed E-state index contributed by atoms with van der Waals surface area (Å²) in [5.74, 6) is 0.